The molecule has 1 saturated heterocycles. The number of hydrogen-bond acceptors (Lipinski definition) is 3. The molecule has 1 aromatic carbocycles. The Kier molecular flexibility index (Phi) is 7.57. The van der Waals surface area contributed by atoms with Gasteiger partial charge in [0.25, 0.3) is 0 Å². The average molecular weight is 420 g/mol. The molecule has 0 bridgehead atoms. The molecule has 9 heteroatoms. The molecule has 0 aliphatic carbocycles. The molecule has 0 radical (unpaired) electrons. The van der Waals surface area contributed by atoms with E-state index >= 15 is 0 Å². The lowest BCUT2D eigenvalue weighted by Gasteiger charge is -2.24. The summed E-state index contributed by atoms with van der Waals surface area (Å²) >= 11 is 5.97. The van der Waals surface area contributed by atoms with Gasteiger partial charge in [0, 0.05) is 26.1 Å². The Balaban J connectivity index is 1.91. The van der Waals surface area contributed by atoms with Crippen molar-refractivity contribution >= 4 is 29.1 Å². The highest BCUT2D eigenvalue weighted by molar-refractivity contribution is 6.33. The third kappa shape index (κ3) is 6.02. The quantitative estimate of drug-likeness (QED) is 0.628. The molecule has 0 saturated carbocycles. The zero-order valence-electron chi connectivity index (χ0n) is 15.9. The molecular formula is C19H25ClF3N3O2. The molecule has 5 nitrogen and oxygen atoms in total. The molecule has 2 rings (SSSR count). The largest absolute Gasteiger partial charge is 0.416 e. The topological polar surface area (TPSA) is 61.4 Å². The van der Waals surface area contributed by atoms with E-state index in [0.717, 1.165) is 25.1 Å². The summed E-state index contributed by atoms with van der Waals surface area (Å²) in [5.74, 6) is -0.234. The molecule has 1 aliphatic rings. The van der Waals surface area contributed by atoms with Crippen LogP contribution >= 0.6 is 11.6 Å². The molecular weight excluding hydrogens is 395 g/mol. The van der Waals surface area contributed by atoms with Crippen LogP contribution in [0.2, 0.25) is 5.02 Å². The number of hydrogen-bond donors (Lipinski definition) is 2. The Morgan fingerprint density at radius 3 is 2.57 bits per heavy atom. The first kappa shape index (κ1) is 22.3. The smallest absolute Gasteiger partial charge is 0.372 e. The number of nitrogens with one attached hydrogen (secondary N) is 2. The van der Waals surface area contributed by atoms with Gasteiger partial charge in [-0.3, -0.25) is 9.59 Å². The number of carbonyl (C=O) groups is 2. The van der Waals surface area contributed by atoms with Crippen LogP contribution in [0.15, 0.2) is 18.2 Å². The van der Waals surface area contributed by atoms with E-state index in [1.807, 2.05) is 13.8 Å². The number of benzene rings is 1. The molecule has 1 fully saturated rings. The number of rotatable bonds is 8. The minimum absolute atomic E-state index is 0.0965. The van der Waals surface area contributed by atoms with Crippen molar-refractivity contribution in [1.82, 2.24) is 10.2 Å². The van der Waals surface area contributed by atoms with Crippen molar-refractivity contribution in [3.63, 3.8) is 0 Å². The maximum Gasteiger partial charge on any atom is 0.416 e. The van der Waals surface area contributed by atoms with Crippen LogP contribution in [-0.4, -0.2) is 42.4 Å². The Labute approximate surface area is 167 Å². The maximum atomic E-state index is 12.8. The lowest BCUT2D eigenvalue weighted by atomic mass is 10.0. The minimum Gasteiger partial charge on any atom is -0.372 e. The lowest BCUT2D eigenvalue weighted by Crippen LogP contribution is -2.43. The number of alkyl halides is 3. The summed E-state index contributed by atoms with van der Waals surface area (Å²) in [7, 11) is 0. The number of anilines is 1. The van der Waals surface area contributed by atoms with Crippen molar-refractivity contribution in [2.75, 3.05) is 25.0 Å². The van der Waals surface area contributed by atoms with Gasteiger partial charge >= 0.3 is 6.18 Å². The first-order valence-corrected chi connectivity index (χ1v) is 9.66. The summed E-state index contributed by atoms with van der Waals surface area (Å²) in [4.78, 5) is 25.9. The monoisotopic (exact) mass is 419 g/mol. The van der Waals surface area contributed by atoms with E-state index in [0.29, 0.717) is 25.9 Å². The van der Waals surface area contributed by atoms with Crippen LogP contribution in [0.3, 0.4) is 0 Å². The lowest BCUT2D eigenvalue weighted by molar-refractivity contribution is -0.137. The van der Waals surface area contributed by atoms with Gasteiger partial charge in [-0.15, -0.1) is 0 Å². The van der Waals surface area contributed by atoms with Gasteiger partial charge in [0.05, 0.1) is 16.3 Å². The van der Waals surface area contributed by atoms with Crippen molar-refractivity contribution in [2.24, 2.45) is 5.92 Å². The van der Waals surface area contributed by atoms with Crippen molar-refractivity contribution in [3.8, 4) is 0 Å². The molecule has 0 aromatic heterocycles. The van der Waals surface area contributed by atoms with Crippen molar-refractivity contribution in [3.05, 3.63) is 28.8 Å². The van der Waals surface area contributed by atoms with E-state index in [9.17, 15) is 22.8 Å². The van der Waals surface area contributed by atoms with Gasteiger partial charge < -0.3 is 15.5 Å². The second-order valence-electron chi connectivity index (χ2n) is 7.19. The van der Waals surface area contributed by atoms with Crippen molar-refractivity contribution < 1.29 is 22.8 Å². The zero-order valence-corrected chi connectivity index (χ0v) is 16.7. The molecule has 0 spiro atoms. The van der Waals surface area contributed by atoms with Crippen LogP contribution < -0.4 is 10.6 Å². The first-order valence-electron chi connectivity index (χ1n) is 9.28. The van der Waals surface area contributed by atoms with Gasteiger partial charge in [0.2, 0.25) is 11.8 Å². The molecule has 28 heavy (non-hydrogen) atoms. The summed E-state index contributed by atoms with van der Waals surface area (Å²) in [5.41, 5.74) is -0.573. The summed E-state index contributed by atoms with van der Waals surface area (Å²) in [6.45, 7) is 5.43. The highest BCUT2D eigenvalue weighted by Gasteiger charge is 2.31. The summed E-state index contributed by atoms with van der Waals surface area (Å²) < 4.78 is 38.3. The first-order chi connectivity index (χ1) is 13.1. The van der Waals surface area contributed by atoms with Gasteiger partial charge in [-0.1, -0.05) is 25.4 Å². The molecule has 2 N–H and O–H groups in total. The standard InChI is InChI=1S/C19H25ClF3N3O2/c1-12(2)17(18(28)24-8-4-10-26-9-3-5-16(26)27)25-15-7-6-13(11-14(15)20)19(21,22)23/h6-7,11-12,17,25H,3-5,8-10H2,1-2H3,(H,24,28). The van der Waals surface area contributed by atoms with Crippen LogP contribution in [0.25, 0.3) is 0 Å². The van der Waals surface area contributed by atoms with Crippen LogP contribution in [0, 0.1) is 5.92 Å². The fourth-order valence-electron chi connectivity index (χ4n) is 3.04. The van der Waals surface area contributed by atoms with Gasteiger partial charge in [-0.05, 0) is 37.0 Å². The highest BCUT2D eigenvalue weighted by Crippen LogP contribution is 2.34. The summed E-state index contributed by atoms with van der Waals surface area (Å²) in [6, 6.07) is 2.35. The van der Waals surface area contributed by atoms with E-state index in [4.69, 9.17) is 11.6 Å². The Morgan fingerprint density at radius 1 is 1.32 bits per heavy atom. The predicted octanol–water partition coefficient (Wildman–Crippen LogP) is 3.92. The summed E-state index contributed by atoms with van der Waals surface area (Å²) in [5, 5.41) is 5.66. The number of halogens is 4. The van der Waals surface area contributed by atoms with E-state index in [2.05, 4.69) is 10.6 Å². The van der Waals surface area contributed by atoms with Crippen LogP contribution in [0.4, 0.5) is 18.9 Å². The molecule has 156 valence electrons. The maximum absolute atomic E-state index is 12.8. The molecule has 1 aliphatic heterocycles. The predicted molar refractivity (Wildman–Crippen MR) is 102 cm³/mol. The minimum atomic E-state index is -4.48. The van der Waals surface area contributed by atoms with Crippen LogP contribution in [0.5, 0.6) is 0 Å². The van der Waals surface area contributed by atoms with Gasteiger partial charge in [-0.2, -0.15) is 13.2 Å². The Morgan fingerprint density at radius 2 is 2.04 bits per heavy atom. The van der Waals surface area contributed by atoms with E-state index in [1.165, 1.54) is 6.07 Å². The second kappa shape index (κ2) is 9.49. The van der Waals surface area contributed by atoms with E-state index in [1.54, 1.807) is 4.90 Å². The molecule has 1 heterocycles. The molecule has 1 unspecified atom stereocenters. The van der Waals surface area contributed by atoms with Gasteiger partial charge in [0.1, 0.15) is 6.04 Å². The van der Waals surface area contributed by atoms with Gasteiger partial charge in [-0.25, -0.2) is 0 Å². The molecule has 1 atom stereocenters. The number of amides is 2. The van der Waals surface area contributed by atoms with Gasteiger partial charge in [0.15, 0.2) is 0 Å². The molecule has 2 amide bonds. The number of likely N-dealkylation sites (tertiary alicyclic amines) is 1. The fourth-order valence-corrected chi connectivity index (χ4v) is 3.28. The second-order valence-corrected chi connectivity index (χ2v) is 7.59. The highest BCUT2D eigenvalue weighted by atomic mass is 35.5. The number of nitrogens with zero attached hydrogens (tertiary/aromatic N) is 1. The third-order valence-corrected chi connectivity index (χ3v) is 4.94. The summed E-state index contributed by atoms with van der Waals surface area (Å²) in [6.07, 6.45) is -2.38. The SMILES string of the molecule is CC(C)C(Nc1ccc(C(F)(F)F)cc1Cl)C(=O)NCCCN1CCCC1=O. The average Bonchev–Trinajstić information content (AvgIpc) is 3.01. The van der Waals surface area contributed by atoms with Crippen molar-refractivity contribution in [2.45, 2.75) is 45.3 Å². The van der Waals surface area contributed by atoms with E-state index in [-0.39, 0.29) is 28.4 Å². The Bertz CT molecular complexity index is 710. The fraction of sp³-hybridized carbons (Fsp3) is 0.579. The van der Waals surface area contributed by atoms with Crippen LogP contribution in [0.1, 0.15) is 38.7 Å². The zero-order chi connectivity index (χ0) is 20.9. The molecule has 1 aromatic rings. The van der Waals surface area contributed by atoms with E-state index < -0.39 is 17.8 Å². The number of carbonyl (C=O) groups excluding carboxylic acids is 2. The van der Waals surface area contributed by atoms with Crippen molar-refractivity contribution in [1.29, 1.82) is 0 Å². The van der Waals surface area contributed by atoms with Crippen LogP contribution in [-0.2, 0) is 15.8 Å². The Hall–Kier alpha value is -1.96. The third-order valence-electron chi connectivity index (χ3n) is 4.63. The normalized spacial score (nSPS) is 15.8.